The summed E-state index contributed by atoms with van der Waals surface area (Å²) in [7, 11) is 0. The number of allylic oxidation sites excluding steroid dienone is 2. The summed E-state index contributed by atoms with van der Waals surface area (Å²) >= 11 is 0. The van der Waals surface area contributed by atoms with Crippen LogP contribution in [0.1, 0.15) is 84.5 Å². The Morgan fingerprint density at radius 2 is 1.80 bits per heavy atom. The minimum absolute atomic E-state index is 0.569. The number of hydrogen-bond donors (Lipinski definition) is 0. The highest BCUT2D eigenvalue weighted by atomic mass is 16.5. The van der Waals surface area contributed by atoms with Crippen LogP contribution < -0.4 is 0 Å². The van der Waals surface area contributed by atoms with E-state index in [0.717, 1.165) is 18.4 Å². The second kappa shape index (κ2) is 8.87. The van der Waals surface area contributed by atoms with Gasteiger partial charge in [-0.1, -0.05) is 31.4 Å². The van der Waals surface area contributed by atoms with E-state index in [1.54, 1.807) is 5.57 Å². The standard InChI is InChI=1S/C19H34O/c1-3-5-6-7-16-8-10-17(11-9-16)18-12-14-19(15-13-18)20-4-2/h8,17-19H,3-7,9-15H2,1-2H3. The van der Waals surface area contributed by atoms with Crippen LogP contribution in [0.25, 0.3) is 0 Å². The second-order valence-electron chi connectivity index (χ2n) is 6.85. The molecule has 0 aliphatic heterocycles. The monoisotopic (exact) mass is 278 g/mol. The molecular formula is C19H34O. The molecule has 1 heteroatoms. The molecule has 116 valence electrons. The summed E-state index contributed by atoms with van der Waals surface area (Å²) in [6.07, 6.45) is 18.4. The van der Waals surface area contributed by atoms with Gasteiger partial charge in [0.2, 0.25) is 0 Å². The zero-order valence-electron chi connectivity index (χ0n) is 13.7. The molecule has 2 aliphatic carbocycles. The van der Waals surface area contributed by atoms with Gasteiger partial charge in [0, 0.05) is 6.61 Å². The van der Waals surface area contributed by atoms with Gasteiger partial charge >= 0.3 is 0 Å². The van der Waals surface area contributed by atoms with E-state index in [1.165, 1.54) is 70.6 Å². The lowest BCUT2D eigenvalue weighted by molar-refractivity contribution is 0.0172. The molecular weight excluding hydrogens is 244 g/mol. The fourth-order valence-electron chi connectivity index (χ4n) is 4.13. The molecule has 1 atom stereocenters. The Hall–Kier alpha value is -0.300. The van der Waals surface area contributed by atoms with Crippen molar-refractivity contribution in [2.75, 3.05) is 6.61 Å². The lowest BCUT2D eigenvalue weighted by Crippen LogP contribution is -2.27. The molecule has 0 radical (unpaired) electrons. The fourth-order valence-corrected chi connectivity index (χ4v) is 4.13. The highest BCUT2D eigenvalue weighted by Gasteiger charge is 2.28. The maximum absolute atomic E-state index is 5.78. The maximum Gasteiger partial charge on any atom is 0.0575 e. The first-order valence-corrected chi connectivity index (χ1v) is 9.13. The number of unbranched alkanes of at least 4 members (excludes halogenated alkanes) is 2. The molecule has 0 aromatic carbocycles. The molecule has 0 aromatic rings. The molecule has 2 aliphatic rings. The van der Waals surface area contributed by atoms with Gasteiger partial charge in [-0.05, 0) is 76.5 Å². The van der Waals surface area contributed by atoms with Crippen LogP contribution in [0, 0.1) is 11.8 Å². The van der Waals surface area contributed by atoms with Crippen molar-refractivity contribution in [1.82, 2.24) is 0 Å². The van der Waals surface area contributed by atoms with Crippen molar-refractivity contribution >= 4 is 0 Å². The Morgan fingerprint density at radius 1 is 1.00 bits per heavy atom. The van der Waals surface area contributed by atoms with Crippen molar-refractivity contribution in [1.29, 1.82) is 0 Å². The van der Waals surface area contributed by atoms with Gasteiger partial charge in [-0.25, -0.2) is 0 Å². The summed E-state index contributed by atoms with van der Waals surface area (Å²) in [5, 5.41) is 0. The Morgan fingerprint density at radius 3 is 2.40 bits per heavy atom. The van der Waals surface area contributed by atoms with E-state index in [2.05, 4.69) is 19.9 Å². The molecule has 0 aromatic heterocycles. The predicted octanol–water partition coefficient (Wildman–Crippen LogP) is 5.89. The SMILES string of the molecule is CCCCCC1=CCC(C2CCC(OCC)CC2)CC1. The third kappa shape index (κ3) is 4.91. The minimum Gasteiger partial charge on any atom is -0.379 e. The van der Waals surface area contributed by atoms with Crippen LogP contribution in [0.3, 0.4) is 0 Å². The molecule has 2 rings (SSSR count). The first kappa shape index (κ1) is 16.1. The first-order valence-electron chi connectivity index (χ1n) is 9.13. The van der Waals surface area contributed by atoms with E-state index >= 15 is 0 Å². The van der Waals surface area contributed by atoms with E-state index in [-0.39, 0.29) is 0 Å². The molecule has 0 heterocycles. The molecule has 1 fully saturated rings. The third-order valence-corrected chi connectivity index (χ3v) is 5.43. The van der Waals surface area contributed by atoms with Crippen LogP contribution in [0.2, 0.25) is 0 Å². The lowest BCUT2D eigenvalue weighted by atomic mass is 9.73. The van der Waals surface area contributed by atoms with Crippen molar-refractivity contribution in [2.24, 2.45) is 11.8 Å². The fraction of sp³-hybridized carbons (Fsp3) is 0.895. The minimum atomic E-state index is 0.569. The number of ether oxygens (including phenoxy) is 1. The maximum atomic E-state index is 5.78. The average molecular weight is 278 g/mol. The van der Waals surface area contributed by atoms with Crippen molar-refractivity contribution in [3.05, 3.63) is 11.6 Å². The van der Waals surface area contributed by atoms with E-state index in [9.17, 15) is 0 Å². The normalized spacial score (nSPS) is 31.1. The second-order valence-corrected chi connectivity index (χ2v) is 6.85. The summed E-state index contributed by atoms with van der Waals surface area (Å²) in [6, 6.07) is 0. The molecule has 20 heavy (non-hydrogen) atoms. The van der Waals surface area contributed by atoms with Crippen molar-refractivity contribution < 1.29 is 4.74 Å². The number of hydrogen-bond acceptors (Lipinski definition) is 1. The summed E-state index contributed by atoms with van der Waals surface area (Å²) in [5.74, 6) is 1.97. The van der Waals surface area contributed by atoms with Gasteiger partial charge in [0.05, 0.1) is 6.10 Å². The van der Waals surface area contributed by atoms with E-state index in [0.29, 0.717) is 6.10 Å². The van der Waals surface area contributed by atoms with E-state index < -0.39 is 0 Å². The Kier molecular flexibility index (Phi) is 7.13. The molecule has 0 spiro atoms. The quantitative estimate of drug-likeness (QED) is 0.417. The zero-order chi connectivity index (χ0) is 14.2. The summed E-state index contributed by atoms with van der Waals surface area (Å²) in [4.78, 5) is 0. The van der Waals surface area contributed by atoms with Gasteiger partial charge in [0.1, 0.15) is 0 Å². The van der Waals surface area contributed by atoms with Crippen LogP contribution in [-0.4, -0.2) is 12.7 Å². The van der Waals surface area contributed by atoms with Gasteiger partial charge in [-0.3, -0.25) is 0 Å². The smallest absolute Gasteiger partial charge is 0.0575 e. The van der Waals surface area contributed by atoms with Crippen LogP contribution >= 0.6 is 0 Å². The van der Waals surface area contributed by atoms with Crippen molar-refractivity contribution in [3.8, 4) is 0 Å². The van der Waals surface area contributed by atoms with Crippen LogP contribution in [-0.2, 0) is 4.74 Å². The molecule has 1 unspecified atom stereocenters. The highest BCUT2D eigenvalue weighted by molar-refractivity contribution is 5.07. The molecule has 0 N–H and O–H groups in total. The van der Waals surface area contributed by atoms with Crippen LogP contribution in [0.4, 0.5) is 0 Å². The number of rotatable bonds is 7. The predicted molar refractivity (Wildman–Crippen MR) is 86.9 cm³/mol. The molecule has 1 saturated carbocycles. The topological polar surface area (TPSA) is 9.23 Å². The molecule has 1 nitrogen and oxygen atoms in total. The summed E-state index contributed by atoms with van der Waals surface area (Å²) < 4.78 is 5.78. The molecule has 0 bridgehead atoms. The Balaban J connectivity index is 1.68. The van der Waals surface area contributed by atoms with Crippen molar-refractivity contribution in [2.45, 2.75) is 90.6 Å². The van der Waals surface area contributed by atoms with Gasteiger partial charge in [-0.15, -0.1) is 0 Å². The Labute approximate surface area is 126 Å². The highest BCUT2D eigenvalue weighted by Crippen LogP contribution is 2.39. The van der Waals surface area contributed by atoms with Crippen LogP contribution in [0.5, 0.6) is 0 Å². The largest absolute Gasteiger partial charge is 0.379 e. The lowest BCUT2D eigenvalue weighted by Gasteiger charge is -2.35. The van der Waals surface area contributed by atoms with E-state index in [4.69, 9.17) is 4.74 Å². The molecule has 0 amide bonds. The first-order chi connectivity index (χ1) is 9.83. The summed E-state index contributed by atoms with van der Waals surface area (Å²) in [6.45, 7) is 5.31. The van der Waals surface area contributed by atoms with E-state index in [1.807, 2.05) is 0 Å². The third-order valence-electron chi connectivity index (χ3n) is 5.43. The van der Waals surface area contributed by atoms with Gasteiger partial charge in [0.25, 0.3) is 0 Å². The van der Waals surface area contributed by atoms with Gasteiger partial charge in [-0.2, -0.15) is 0 Å². The van der Waals surface area contributed by atoms with Gasteiger partial charge < -0.3 is 4.74 Å². The summed E-state index contributed by atoms with van der Waals surface area (Å²) in [5.41, 5.74) is 1.76. The molecule has 0 saturated heterocycles. The van der Waals surface area contributed by atoms with Crippen molar-refractivity contribution in [3.63, 3.8) is 0 Å². The average Bonchev–Trinajstić information content (AvgIpc) is 2.49. The van der Waals surface area contributed by atoms with Gasteiger partial charge in [0.15, 0.2) is 0 Å². The Bertz CT molecular complexity index is 286. The zero-order valence-corrected chi connectivity index (χ0v) is 13.7. The van der Waals surface area contributed by atoms with Crippen LogP contribution in [0.15, 0.2) is 11.6 Å².